The zero-order chi connectivity index (χ0) is 19.6. The van der Waals surface area contributed by atoms with Gasteiger partial charge in [-0.05, 0) is 23.3 Å². The van der Waals surface area contributed by atoms with Crippen molar-refractivity contribution in [3.05, 3.63) is 83.2 Å². The maximum Gasteiger partial charge on any atom is 0.204 e. The van der Waals surface area contributed by atoms with Gasteiger partial charge >= 0.3 is 0 Å². The number of anilines is 1. The average molecular weight is 358 g/mol. The largest absolute Gasteiger partial charge is 0.346 e. The Kier molecular flexibility index (Phi) is 5.13. The monoisotopic (exact) mass is 358 g/mol. The van der Waals surface area contributed by atoms with Crippen LogP contribution in [0.25, 0.3) is 6.08 Å². The van der Waals surface area contributed by atoms with Crippen LogP contribution in [0.2, 0.25) is 0 Å². The van der Waals surface area contributed by atoms with Crippen LogP contribution < -0.4 is 4.90 Å². The Hall–Kier alpha value is -2.94. The third kappa shape index (κ3) is 3.14. The number of carbonyl (C=O) groups excluding carboxylic acids is 1. The molecule has 0 aromatic heterocycles. The Morgan fingerprint density at radius 1 is 0.963 bits per heavy atom. The maximum atomic E-state index is 12.4. The predicted octanol–water partition coefficient (Wildman–Crippen LogP) is 5.37. The molecule has 1 aliphatic heterocycles. The van der Waals surface area contributed by atoms with Crippen LogP contribution in [-0.4, -0.2) is 18.5 Å². The second kappa shape index (κ2) is 7.36. The van der Waals surface area contributed by atoms with Gasteiger partial charge < -0.3 is 4.90 Å². The Balaban J connectivity index is 0.00000102. The first-order valence-corrected chi connectivity index (χ1v) is 9.43. The van der Waals surface area contributed by atoms with Gasteiger partial charge in [-0.2, -0.15) is 0 Å². The van der Waals surface area contributed by atoms with E-state index in [2.05, 4.69) is 49.0 Å². The van der Waals surface area contributed by atoms with Gasteiger partial charge in [-0.1, -0.05) is 76.2 Å². The van der Waals surface area contributed by atoms with Crippen LogP contribution in [0.1, 0.15) is 44.4 Å². The summed E-state index contributed by atoms with van der Waals surface area (Å²) >= 11 is 0. The fourth-order valence-corrected chi connectivity index (χ4v) is 3.72. The van der Waals surface area contributed by atoms with E-state index in [1.54, 1.807) is 6.08 Å². The number of rotatable bonds is 1. The number of ketones is 1. The fraction of sp³-hybridized carbons (Fsp3) is 0.250. The highest BCUT2D eigenvalue weighted by atomic mass is 16.1. The lowest BCUT2D eigenvalue weighted by molar-refractivity contribution is -0.108. The molecule has 0 atom stereocenters. The Morgan fingerprint density at radius 3 is 2.37 bits per heavy atom. The van der Waals surface area contributed by atoms with Crippen molar-refractivity contribution in [2.75, 3.05) is 11.9 Å². The molecule has 3 heteroatoms. The van der Waals surface area contributed by atoms with Crippen molar-refractivity contribution in [3.63, 3.8) is 0 Å². The Morgan fingerprint density at radius 2 is 1.63 bits per heavy atom. The van der Waals surface area contributed by atoms with Crippen molar-refractivity contribution in [3.8, 4) is 0 Å². The molecule has 0 N–H and O–H groups in total. The molecule has 2 aromatic rings. The van der Waals surface area contributed by atoms with E-state index < -0.39 is 0 Å². The Bertz CT molecular complexity index is 964. The summed E-state index contributed by atoms with van der Waals surface area (Å²) < 4.78 is 0. The van der Waals surface area contributed by atoms with Crippen molar-refractivity contribution in [1.29, 1.82) is 0 Å². The lowest BCUT2D eigenvalue weighted by Crippen LogP contribution is -2.23. The number of nitrogens with zero attached hydrogens (tertiary/aromatic N) is 2. The molecule has 0 bridgehead atoms. The van der Waals surface area contributed by atoms with E-state index in [1.165, 1.54) is 11.3 Å². The van der Waals surface area contributed by atoms with Gasteiger partial charge in [0.25, 0.3) is 0 Å². The van der Waals surface area contributed by atoms with Crippen molar-refractivity contribution in [1.82, 2.24) is 0 Å². The summed E-state index contributed by atoms with van der Waals surface area (Å²) in [4.78, 5) is 19.2. The van der Waals surface area contributed by atoms with Gasteiger partial charge in [-0.15, -0.1) is 0 Å². The minimum Gasteiger partial charge on any atom is -0.346 e. The van der Waals surface area contributed by atoms with Crippen LogP contribution >= 0.6 is 0 Å². The molecule has 0 fully saturated rings. The number of fused-ring (bicyclic) bond motifs is 2. The molecule has 138 valence electrons. The zero-order valence-corrected chi connectivity index (χ0v) is 16.7. The summed E-state index contributed by atoms with van der Waals surface area (Å²) in [5.41, 5.74) is 5.83. The van der Waals surface area contributed by atoms with Gasteiger partial charge in [0.1, 0.15) is 5.71 Å². The molecule has 27 heavy (non-hydrogen) atoms. The molecule has 3 nitrogen and oxygen atoms in total. The minimum atomic E-state index is -0.150. The van der Waals surface area contributed by atoms with Gasteiger partial charge in [-0.25, -0.2) is 0 Å². The molecule has 0 unspecified atom stereocenters. The first kappa shape index (κ1) is 18.8. The molecule has 0 spiro atoms. The SMILES string of the molecule is CC.CN1C(=CN=C2C(=O)C=Cc3ccccc32)C(C)(C)c2ccccc21. The normalized spacial score (nSPS) is 19.6. The van der Waals surface area contributed by atoms with Crippen molar-refractivity contribution in [2.45, 2.75) is 33.1 Å². The van der Waals surface area contributed by atoms with E-state index in [4.69, 9.17) is 0 Å². The van der Waals surface area contributed by atoms with E-state index >= 15 is 0 Å². The lowest BCUT2D eigenvalue weighted by atomic mass is 9.84. The van der Waals surface area contributed by atoms with E-state index in [-0.39, 0.29) is 11.2 Å². The number of para-hydroxylation sites is 1. The van der Waals surface area contributed by atoms with Gasteiger partial charge in [0.2, 0.25) is 5.78 Å². The number of carbonyl (C=O) groups is 1. The number of aliphatic imine (C=N–C) groups is 1. The lowest BCUT2D eigenvalue weighted by Gasteiger charge is -2.23. The summed E-state index contributed by atoms with van der Waals surface area (Å²) in [6.45, 7) is 8.38. The first-order chi connectivity index (χ1) is 13.0. The predicted molar refractivity (Wildman–Crippen MR) is 114 cm³/mol. The molecule has 0 radical (unpaired) electrons. The second-order valence-electron chi connectivity index (χ2n) is 6.98. The highest BCUT2D eigenvalue weighted by Crippen LogP contribution is 2.46. The smallest absolute Gasteiger partial charge is 0.204 e. The van der Waals surface area contributed by atoms with Crippen LogP contribution in [0.15, 0.2) is 71.5 Å². The van der Waals surface area contributed by atoms with Gasteiger partial charge in [0.05, 0.1) is 0 Å². The molecule has 0 saturated carbocycles. The standard InChI is InChI=1S/C22H20N2O.C2H6/c1-22(2)17-10-6-7-11-18(17)24(3)20(22)14-23-21-16-9-5-4-8-15(16)12-13-19(21)25;1-2/h4-14H,1-3H3;1-2H3. The summed E-state index contributed by atoms with van der Waals surface area (Å²) in [6, 6.07) is 16.3. The summed E-state index contributed by atoms with van der Waals surface area (Å²) in [5, 5.41) is 0. The number of benzene rings is 2. The summed E-state index contributed by atoms with van der Waals surface area (Å²) in [7, 11) is 2.05. The molecule has 0 amide bonds. The van der Waals surface area contributed by atoms with E-state index in [9.17, 15) is 4.79 Å². The third-order valence-electron chi connectivity index (χ3n) is 5.12. The fourth-order valence-electron chi connectivity index (χ4n) is 3.72. The third-order valence-corrected chi connectivity index (χ3v) is 5.12. The Labute approximate surface area is 161 Å². The van der Waals surface area contributed by atoms with Gasteiger partial charge in [-0.3, -0.25) is 9.79 Å². The zero-order valence-electron chi connectivity index (χ0n) is 16.7. The highest BCUT2D eigenvalue weighted by Gasteiger charge is 2.38. The first-order valence-electron chi connectivity index (χ1n) is 9.43. The van der Waals surface area contributed by atoms with Gasteiger partial charge in [0.15, 0.2) is 0 Å². The van der Waals surface area contributed by atoms with Crippen LogP contribution in [0.3, 0.4) is 0 Å². The molecule has 1 heterocycles. The molecule has 0 saturated heterocycles. The molecule has 1 aliphatic carbocycles. The van der Waals surface area contributed by atoms with E-state index in [1.807, 2.05) is 56.5 Å². The molecular weight excluding hydrogens is 332 g/mol. The number of hydrogen-bond donors (Lipinski definition) is 0. The van der Waals surface area contributed by atoms with Crippen molar-refractivity contribution < 1.29 is 4.79 Å². The molecular formula is C24H26N2O. The van der Waals surface area contributed by atoms with E-state index in [0.717, 1.165) is 16.8 Å². The number of likely N-dealkylation sites (N-methyl/N-ethyl adjacent to an activating group) is 1. The van der Waals surface area contributed by atoms with Crippen LogP contribution in [-0.2, 0) is 10.2 Å². The average Bonchev–Trinajstić information content (AvgIpc) is 2.89. The van der Waals surface area contributed by atoms with E-state index in [0.29, 0.717) is 5.71 Å². The summed E-state index contributed by atoms with van der Waals surface area (Å²) in [5.74, 6) is -0.0495. The second-order valence-corrected chi connectivity index (χ2v) is 6.98. The van der Waals surface area contributed by atoms with Crippen LogP contribution in [0.5, 0.6) is 0 Å². The quantitative estimate of drug-likeness (QED) is 0.687. The maximum absolute atomic E-state index is 12.4. The van der Waals surface area contributed by atoms with Crippen LogP contribution in [0, 0.1) is 0 Å². The highest BCUT2D eigenvalue weighted by molar-refractivity contribution is 6.52. The number of allylic oxidation sites excluding steroid dienone is 2. The minimum absolute atomic E-state index is 0.0495. The molecule has 4 rings (SSSR count). The van der Waals surface area contributed by atoms with Gasteiger partial charge in [0, 0.05) is 35.6 Å². The van der Waals surface area contributed by atoms with Crippen LogP contribution in [0.4, 0.5) is 5.69 Å². The van der Waals surface area contributed by atoms with Crippen molar-refractivity contribution in [2.24, 2.45) is 4.99 Å². The molecule has 2 aliphatic rings. The summed E-state index contributed by atoms with van der Waals surface area (Å²) in [6.07, 6.45) is 5.30. The number of hydrogen-bond acceptors (Lipinski definition) is 3. The molecule has 2 aromatic carbocycles. The topological polar surface area (TPSA) is 32.7 Å². The van der Waals surface area contributed by atoms with Crippen molar-refractivity contribution >= 4 is 23.3 Å².